The lowest BCUT2D eigenvalue weighted by Gasteiger charge is -2.23. The second-order valence-corrected chi connectivity index (χ2v) is 7.51. The van der Waals surface area contributed by atoms with E-state index in [-0.39, 0.29) is 5.56 Å². The van der Waals surface area contributed by atoms with E-state index in [2.05, 4.69) is 40.7 Å². The van der Waals surface area contributed by atoms with Gasteiger partial charge in [-0.15, -0.1) is 11.3 Å². The molecule has 3 heteroatoms. The molecular weight excluding hydrogens is 338 g/mol. The zero-order chi connectivity index (χ0) is 17.5. The van der Waals surface area contributed by atoms with Gasteiger partial charge in [0.1, 0.15) is 0 Å². The van der Waals surface area contributed by atoms with Gasteiger partial charge in [-0.05, 0) is 41.0 Å². The first-order chi connectivity index (χ1) is 12.8. The van der Waals surface area contributed by atoms with Crippen LogP contribution in [0.3, 0.4) is 0 Å². The fraction of sp³-hybridized carbons (Fsp3) is 0.0870. The molecule has 1 aliphatic carbocycles. The molecule has 5 rings (SSSR count). The van der Waals surface area contributed by atoms with Crippen molar-refractivity contribution >= 4 is 11.3 Å². The van der Waals surface area contributed by atoms with E-state index in [0.717, 1.165) is 45.7 Å². The Balaban J connectivity index is 1.89. The predicted molar refractivity (Wildman–Crippen MR) is 109 cm³/mol. The highest BCUT2D eigenvalue weighted by Crippen LogP contribution is 2.42. The number of aromatic nitrogens is 1. The van der Waals surface area contributed by atoms with E-state index < -0.39 is 0 Å². The van der Waals surface area contributed by atoms with E-state index >= 15 is 0 Å². The minimum atomic E-state index is -0.0185. The molecule has 2 aromatic carbocycles. The van der Waals surface area contributed by atoms with Gasteiger partial charge in [0, 0.05) is 16.0 Å². The number of nitrogens with one attached hydrogen (secondary N) is 1. The average Bonchev–Trinajstić information content (AvgIpc) is 3.22. The number of H-pyrrole nitrogens is 1. The molecule has 0 aliphatic heterocycles. The Morgan fingerprint density at radius 1 is 0.808 bits per heavy atom. The lowest BCUT2D eigenvalue weighted by atomic mass is 9.84. The summed E-state index contributed by atoms with van der Waals surface area (Å²) in [6.45, 7) is 0. The van der Waals surface area contributed by atoms with E-state index in [1.165, 1.54) is 11.1 Å². The molecule has 0 spiro atoms. The van der Waals surface area contributed by atoms with Gasteiger partial charge in [-0.3, -0.25) is 4.79 Å². The van der Waals surface area contributed by atoms with Crippen molar-refractivity contribution in [2.24, 2.45) is 0 Å². The SMILES string of the molecule is O=c1[nH]c2c(c(-c3cccs3)c1-c1ccccc1)CCc1ccccc1-2. The van der Waals surface area contributed by atoms with Crippen molar-refractivity contribution < 1.29 is 0 Å². The summed E-state index contributed by atoms with van der Waals surface area (Å²) in [4.78, 5) is 17.5. The van der Waals surface area contributed by atoms with Crippen LogP contribution < -0.4 is 5.56 Å². The van der Waals surface area contributed by atoms with Crippen LogP contribution in [0.4, 0.5) is 0 Å². The Labute approximate surface area is 155 Å². The largest absolute Gasteiger partial charge is 0.321 e. The van der Waals surface area contributed by atoms with Crippen LogP contribution >= 0.6 is 11.3 Å². The summed E-state index contributed by atoms with van der Waals surface area (Å²) in [6, 6.07) is 22.6. The van der Waals surface area contributed by atoms with E-state index in [9.17, 15) is 4.79 Å². The first-order valence-corrected chi connectivity index (χ1v) is 9.67. The van der Waals surface area contributed by atoms with Gasteiger partial charge >= 0.3 is 0 Å². The molecule has 0 unspecified atom stereocenters. The van der Waals surface area contributed by atoms with Crippen molar-refractivity contribution in [3.8, 4) is 32.8 Å². The first-order valence-electron chi connectivity index (χ1n) is 8.79. The molecule has 0 amide bonds. The Hall–Kier alpha value is -2.91. The third kappa shape index (κ3) is 2.36. The van der Waals surface area contributed by atoms with E-state index in [0.29, 0.717) is 0 Å². The van der Waals surface area contributed by atoms with Crippen LogP contribution in [0.2, 0.25) is 0 Å². The molecule has 0 saturated heterocycles. The maximum absolute atomic E-state index is 13.2. The second kappa shape index (κ2) is 6.11. The van der Waals surface area contributed by atoms with Gasteiger partial charge in [-0.1, -0.05) is 60.7 Å². The first kappa shape index (κ1) is 15.4. The van der Waals surface area contributed by atoms with Gasteiger partial charge in [0.05, 0.1) is 11.3 Å². The average molecular weight is 355 g/mol. The standard InChI is InChI=1S/C23H17NOS/c25-23-20(16-8-2-1-3-9-16)21(19-11-6-14-26-19)18-13-12-15-7-4-5-10-17(15)22(18)24-23/h1-11,14H,12-13H2,(H,24,25). The molecule has 26 heavy (non-hydrogen) atoms. The summed E-state index contributed by atoms with van der Waals surface area (Å²) in [5.74, 6) is 0. The van der Waals surface area contributed by atoms with Crippen LogP contribution in [0, 0.1) is 0 Å². The molecular formula is C23H17NOS. The number of benzene rings is 2. The zero-order valence-electron chi connectivity index (χ0n) is 14.2. The molecule has 2 aromatic heterocycles. The Morgan fingerprint density at radius 3 is 2.42 bits per heavy atom. The molecule has 2 heterocycles. The summed E-state index contributed by atoms with van der Waals surface area (Å²) in [6.07, 6.45) is 1.94. The highest BCUT2D eigenvalue weighted by molar-refractivity contribution is 7.13. The van der Waals surface area contributed by atoms with E-state index in [1.807, 2.05) is 36.4 Å². The number of pyridine rings is 1. The van der Waals surface area contributed by atoms with Crippen molar-refractivity contribution in [3.05, 3.63) is 93.6 Å². The smallest absolute Gasteiger partial charge is 0.256 e. The lowest BCUT2D eigenvalue weighted by molar-refractivity contribution is 0.926. The highest BCUT2D eigenvalue weighted by Gasteiger charge is 2.25. The summed E-state index contributed by atoms with van der Waals surface area (Å²) >= 11 is 1.69. The number of aromatic amines is 1. The second-order valence-electron chi connectivity index (χ2n) is 6.56. The quantitative estimate of drug-likeness (QED) is 0.503. The Bertz CT molecular complexity index is 1140. The van der Waals surface area contributed by atoms with Crippen LogP contribution in [0.1, 0.15) is 11.1 Å². The van der Waals surface area contributed by atoms with Crippen molar-refractivity contribution in [2.45, 2.75) is 12.8 Å². The molecule has 0 atom stereocenters. The van der Waals surface area contributed by atoms with Crippen molar-refractivity contribution in [2.75, 3.05) is 0 Å². The molecule has 0 bridgehead atoms. The fourth-order valence-electron chi connectivity index (χ4n) is 3.94. The minimum absolute atomic E-state index is 0.0185. The summed E-state index contributed by atoms with van der Waals surface area (Å²) in [5, 5.41) is 2.08. The van der Waals surface area contributed by atoms with Gasteiger partial charge in [-0.2, -0.15) is 0 Å². The van der Waals surface area contributed by atoms with Crippen LogP contribution in [0.25, 0.3) is 32.8 Å². The summed E-state index contributed by atoms with van der Waals surface area (Å²) in [5.41, 5.74) is 7.53. The minimum Gasteiger partial charge on any atom is -0.321 e. The van der Waals surface area contributed by atoms with Crippen LogP contribution in [0.5, 0.6) is 0 Å². The maximum Gasteiger partial charge on any atom is 0.256 e. The Morgan fingerprint density at radius 2 is 1.62 bits per heavy atom. The highest BCUT2D eigenvalue weighted by atomic mass is 32.1. The van der Waals surface area contributed by atoms with Gasteiger partial charge < -0.3 is 4.98 Å². The normalized spacial score (nSPS) is 12.5. The molecule has 126 valence electrons. The van der Waals surface area contributed by atoms with Crippen LogP contribution in [0.15, 0.2) is 76.9 Å². The van der Waals surface area contributed by atoms with Gasteiger partial charge in [0.2, 0.25) is 0 Å². The van der Waals surface area contributed by atoms with Gasteiger partial charge in [0.25, 0.3) is 5.56 Å². The topological polar surface area (TPSA) is 32.9 Å². The lowest BCUT2D eigenvalue weighted by Crippen LogP contribution is -2.18. The molecule has 4 aromatic rings. The Kier molecular flexibility index (Phi) is 3.61. The number of hydrogen-bond donors (Lipinski definition) is 1. The third-order valence-electron chi connectivity index (χ3n) is 5.08. The summed E-state index contributed by atoms with van der Waals surface area (Å²) in [7, 11) is 0. The molecule has 1 N–H and O–H groups in total. The van der Waals surface area contributed by atoms with Crippen molar-refractivity contribution in [1.82, 2.24) is 4.98 Å². The number of aryl methyl sites for hydroxylation is 1. The van der Waals surface area contributed by atoms with Crippen LogP contribution in [-0.2, 0) is 12.8 Å². The van der Waals surface area contributed by atoms with E-state index in [4.69, 9.17) is 0 Å². The molecule has 0 saturated carbocycles. The third-order valence-corrected chi connectivity index (χ3v) is 5.97. The monoisotopic (exact) mass is 355 g/mol. The van der Waals surface area contributed by atoms with Gasteiger partial charge in [-0.25, -0.2) is 0 Å². The van der Waals surface area contributed by atoms with Crippen LogP contribution in [-0.4, -0.2) is 4.98 Å². The molecule has 0 radical (unpaired) electrons. The molecule has 1 aliphatic rings. The van der Waals surface area contributed by atoms with Crippen molar-refractivity contribution in [3.63, 3.8) is 0 Å². The molecule has 0 fully saturated rings. The number of rotatable bonds is 2. The van der Waals surface area contributed by atoms with Gasteiger partial charge in [0.15, 0.2) is 0 Å². The van der Waals surface area contributed by atoms with E-state index in [1.54, 1.807) is 11.3 Å². The number of fused-ring (bicyclic) bond motifs is 3. The fourth-order valence-corrected chi connectivity index (χ4v) is 4.74. The summed E-state index contributed by atoms with van der Waals surface area (Å²) < 4.78 is 0. The zero-order valence-corrected chi connectivity index (χ0v) is 15.0. The number of thiophene rings is 1. The maximum atomic E-state index is 13.2. The molecule has 2 nitrogen and oxygen atoms in total. The van der Waals surface area contributed by atoms with Crippen molar-refractivity contribution in [1.29, 1.82) is 0 Å². The predicted octanol–water partition coefficient (Wildman–Crippen LogP) is 5.54. The number of hydrogen-bond acceptors (Lipinski definition) is 2.